The molecule has 2 amide bonds. The molecule has 0 fully saturated rings. The molecule has 0 bridgehead atoms. The van der Waals surface area contributed by atoms with E-state index in [1.165, 1.54) is 0 Å². The topological polar surface area (TPSA) is 114 Å². The van der Waals surface area contributed by atoms with Gasteiger partial charge in [0.05, 0.1) is 37.7 Å². The fourth-order valence-electron chi connectivity index (χ4n) is 4.56. The minimum Gasteiger partial charge on any atom is -0.463 e. The van der Waals surface area contributed by atoms with E-state index < -0.39 is 12.0 Å². The molecular weight excluding hydrogens is 496 g/mol. The third kappa shape index (κ3) is 11.4. The van der Waals surface area contributed by atoms with Crippen LogP contribution in [-0.4, -0.2) is 61.9 Å². The van der Waals surface area contributed by atoms with Crippen molar-refractivity contribution in [3.05, 3.63) is 83.9 Å². The van der Waals surface area contributed by atoms with Crippen LogP contribution in [0.3, 0.4) is 0 Å². The predicted octanol–water partition coefficient (Wildman–Crippen LogP) is 2.99. The van der Waals surface area contributed by atoms with Gasteiger partial charge in [-0.15, -0.1) is 0 Å². The Morgan fingerprint density at radius 1 is 0.949 bits per heavy atom. The fourth-order valence-corrected chi connectivity index (χ4v) is 4.56. The molecular formula is C31H40N2O6. The number of ether oxygens (including phenoxy) is 2. The van der Waals surface area contributed by atoms with E-state index in [1.807, 2.05) is 72.8 Å². The molecule has 39 heavy (non-hydrogen) atoms. The molecule has 0 aliphatic carbocycles. The molecule has 0 spiro atoms. The highest BCUT2D eigenvalue weighted by Gasteiger charge is 2.26. The van der Waals surface area contributed by atoms with E-state index in [-0.39, 0.29) is 56.5 Å². The highest BCUT2D eigenvalue weighted by Crippen LogP contribution is 2.19. The number of rotatable bonds is 11. The minimum absolute atomic E-state index is 0.0324. The van der Waals surface area contributed by atoms with Gasteiger partial charge in [0.25, 0.3) is 0 Å². The van der Waals surface area contributed by atoms with Crippen LogP contribution >= 0.6 is 0 Å². The lowest BCUT2D eigenvalue weighted by molar-refractivity contribution is -0.150. The molecule has 210 valence electrons. The van der Waals surface area contributed by atoms with E-state index in [4.69, 9.17) is 14.6 Å². The second kappa shape index (κ2) is 17.2. The van der Waals surface area contributed by atoms with Gasteiger partial charge < -0.3 is 25.2 Å². The normalized spacial score (nSPS) is 20.6. The summed E-state index contributed by atoms with van der Waals surface area (Å²) in [4.78, 5) is 39.0. The lowest BCUT2D eigenvalue weighted by Gasteiger charge is -2.23. The first-order chi connectivity index (χ1) is 19.0. The van der Waals surface area contributed by atoms with Crippen LogP contribution < -0.4 is 10.6 Å². The van der Waals surface area contributed by atoms with Gasteiger partial charge in [-0.25, -0.2) is 0 Å². The van der Waals surface area contributed by atoms with Crippen LogP contribution in [0.1, 0.15) is 36.8 Å². The molecule has 3 rings (SSSR count). The van der Waals surface area contributed by atoms with Gasteiger partial charge in [0, 0.05) is 13.0 Å². The van der Waals surface area contributed by atoms with Crippen LogP contribution in [0.15, 0.2) is 72.8 Å². The van der Waals surface area contributed by atoms with Crippen LogP contribution in [-0.2, 0) is 36.7 Å². The number of carbonyl (C=O) groups excluding carboxylic acids is 3. The number of carbonyl (C=O) groups is 3. The SMILES string of the molecule is O=C(C[C@H]1CC=CCC[C@H](Cc2ccccc2)C(=O)OC[C@H](Cc2ccccc2)NC1=O)NCCOCCO. The van der Waals surface area contributed by atoms with Crippen molar-refractivity contribution < 1.29 is 29.0 Å². The Hall–Kier alpha value is -3.49. The molecule has 0 saturated heterocycles. The molecule has 1 aliphatic heterocycles. The first kappa shape index (κ1) is 30.1. The zero-order chi connectivity index (χ0) is 27.7. The van der Waals surface area contributed by atoms with Crippen LogP contribution in [0.5, 0.6) is 0 Å². The van der Waals surface area contributed by atoms with E-state index in [2.05, 4.69) is 10.6 Å². The van der Waals surface area contributed by atoms with E-state index >= 15 is 0 Å². The summed E-state index contributed by atoms with van der Waals surface area (Å²) in [6, 6.07) is 19.2. The number of hydrogen-bond acceptors (Lipinski definition) is 6. The van der Waals surface area contributed by atoms with Crippen molar-refractivity contribution in [2.45, 2.75) is 44.6 Å². The number of nitrogens with one attached hydrogen (secondary N) is 2. The molecule has 3 N–H and O–H groups in total. The van der Waals surface area contributed by atoms with Gasteiger partial charge in [-0.1, -0.05) is 72.8 Å². The van der Waals surface area contributed by atoms with Crippen LogP contribution in [0.25, 0.3) is 0 Å². The second-order valence-electron chi connectivity index (χ2n) is 9.78. The third-order valence-electron chi connectivity index (χ3n) is 6.63. The lowest BCUT2D eigenvalue weighted by Crippen LogP contribution is -2.44. The van der Waals surface area contributed by atoms with Gasteiger partial charge in [0.1, 0.15) is 6.61 Å². The summed E-state index contributed by atoms with van der Waals surface area (Å²) in [6.45, 7) is 0.787. The standard InChI is InChI=1S/C31H40N2O6/c34-17-19-38-18-16-32-29(35)22-26-14-8-3-9-15-27(20-24-10-4-1-5-11-24)31(37)39-23-28(33-30(26)36)21-25-12-6-2-7-13-25/h1-8,10-13,26-28,34H,9,14-23H2,(H,32,35)(H,33,36)/t26-,27-,28+/m1/s1. The van der Waals surface area contributed by atoms with Crippen molar-refractivity contribution in [3.8, 4) is 0 Å². The zero-order valence-corrected chi connectivity index (χ0v) is 22.4. The van der Waals surface area contributed by atoms with Crippen LogP contribution in [0.4, 0.5) is 0 Å². The number of hydrogen-bond donors (Lipinski definition) is 3. The van der Waals surface area contributed by atoms with E-state index in [0.717, 1.165) is 11.1 Å². The average Bonchev–Trinajstić information content (AvgIpc) is 2.95. The molecule has 1 heterocycles. The molecule has 0 aromatic heterocycles. The molecule has 8 nitrogen and oxygen atoms in total. The van der Waals surface area contributed by atoms with E-state index in [0.29, 0.717) is 38.6 Å². The maximum Gasteiger partial charge on any atom is 0.309 e. The molecule has 1 aliphatic rings. The summed E-state index contributed by atoms with van der Waals surface area (Å²) in [6.07, 6.45) is 6.74. The summed E-state index contributed by atoms with van der Waals surface area (Å²) in [5, 5.41) is 14.6. The number of esters is 1. The largest absolute Gasteiger partial charge is 0.463 e. The number of allylic oxidation sites excluding steroid dienone is 2. The van der Waals surface area contributed by atoms with Gasteiger partial charge >= 0.3 is 5.97 Å². The average molecular weight is 537 g/mol. The molecule has 0 radical (unpaired) electrons. The number of cyclic esters (lactones) is 1. The fraction of sp³-hybridized carbons (Fsp3) is 0.452. The first-order valence-corrected chi connectivity index (χ1v) is 13.7. The number of aliphatic hydroxyl groups excluding tert-OH is 1. The molecule has 8 heteroatoms. The molecule has 2 aromatic carbocycles. The van der Waals surface area contributed by atoms with Crippen LogP contribution in [0.2, 0.25) is 0 Å². The molecule has 2 aromatic rings. The van der Waals surface area contributed by atoms with Gasteiger partial charge in [-0.05, 0) is 43.2 Å². The van der Waals surface area contributed by atoms with Crippen molar-refractivity contribution >= 4 is 17.8 Å². The summed E-state index contributed by atoms with van der Waals surface area (Å²) in [5.41, 5.74) is 2.09. The first-order valence-electron chi connectivity index (χ1n) is 13.7. The van der Waals surface area contributed by atoms with E-state index in [9.17, 15) is 14.4 Å². The minimum atomic E-state index is -0.561. The van der Waals surface area contributed by atoms with Gasteiger partial charge in [0.15, 0.2) is 0 Å². The Morgan fingerprint density at radius 2 is 1.64 bits per heavy atom. The predicted molar refractivity (Wildman–Crippen MR) is 149 cm³/mol. The Morgan fingerprint density at radius 3 is 2.33 bits per heavy atom. The Bertz CT molecular complexity index is 1040. The van der Waals surface area contributed by atoms with Crippen molar-refractivity contribution in [2.75, 3.05) is 33.0 Å². The maximum absolute atomic E-state index is 13.3. The lowest BCUT2D eigenvalue weighted by atomic mass is 9.94. The van der Waals surface area contributed by atoms with Crippen molar-refractivity contribution in [3.63, 3.8) is 0 Å². The van der Waals surface area contributed by atoms with E-state index in [1.54, 1.807) is 0 Å². The van der Waals surface area contributed by atoms with Crippen molar-refractivity contribution in [2.24, 2.45) is 11.8 Å². The summed E-state index contributed by atoms with van der Waals surface area (Å²) in [5.74, 6) is -1.61. The molecule has 0 saturated carbocycles. The summed E-state index contributed by atoms with van der Waals surface area (Å²) < 4.78 is 11.0. The van der Waals surface area contributed by atoms with Gasteiger partial charge in [-0.2, -0.15) is 0 Å². The number of benzene rings is 2. The summed E-state index contributed by atoms with van der Waals surface area (Å²) >= 11 is 0. The highest BCUT2D eigenvalue weighted by molar-refractivity contribution is 5.86. The molecule has 0 unspecified atom stereocenters. The van der Waals surface area contributed by atoms with Gasteiger partial charge in [0.2, 0.25) is 11.8 Å². The van der Waals surface area contributed by atoms with Crippen LogP contribution in [0, 0.1) is 11.8 Å². The number of amides is 2. The maximum atomic E-state index is 13.3. The Kier molecular flexibility index (Phi) is 13.2. The Labute approximate surface area is 230 Å². The van der Waals surface area contributed by atoms with Gasteiger partial charge in [-0.3, -0.25) is 14.4 Å². The second-order valence-corrected chi connectivity index (χ2v) is 9.78. The highest BCUT2D eigenvalue weighted by atomic mass is 16.5. The monoisotopic (exact) mass is 536 g/mol. The third-order valence-corrected chi connectivity index (χ3v) is 6.63. The Balaban J connectivity index is 1.71. The quantitative estimate of drug-likeness (QED) is 0.231. The van der Waals surface area contributed by atoms with Crippen molar-refractivity contribution in [1.82, 2.24) is 10.6 Å². The smallest absolute Gasteiger partial charge is 0.309 e. The zero-order valence-electron chi connectivity index (χ0n) is 22.4. The number of aliphatic hydroxyl groups is 1. The molecule has 3 atom stereocenters. The van der Waals surface area contributed by atoms with Crippen molar-refractivity contribution in [1.29, 1.82) is 0 Å². The summed E-state index contributed by atoms with van der Waals surface area (Å²) in [7, 11) is 0.